The van der Waals surface area contributed by atoms with Gasteiger partial charge in [-0.3, -0.25) is 9.59 Å². The third kappa shape index (κ3) is 11.5. The first kappa shape index (κ1) is 47.3. The Morgan fingerprint density at radius 1 is 1.07 bits per heavy atom. The average Bonchev–Trinajstić information content (AvgIpc) is 3.14. The van der Waals surface area contributed by atoms with Gasteiger partial charge in [0, 0.05) is 37.1 Å². The molecule has 1 aromatic rings. The van der Waals surface area contributed by atoms with Crippen molar-refractivity contribution in [2.75, 3.05) is 21.2 Å². The molecule has 2 aliphatic heterocycles. The zero-order valence-electron chi connectivity index (χ0n) is 35.7. The number of cyclic esters (lactones) is 1. The van der Waals surface area contributed by atoms with Crippen LogP contribution in [0, 0.1) is 17.8 Å². The molecule has 2 saturated heterocycles. The number of aliphatic hydroxyl groups is 3. The van der Waals surface area contributed by atoms with E-state index in [9.17, 15) is 24.9 Å². The smallest absolute Gasteiger partial charge is 0.312 e. The van der Waals surface area contributed by atoms with Crippen molar-refractivity contribution in [2.45, 2.75) is 161 Å². The van der Waals surface area contributed by atoms with Gasteiger partial charge in [-0.2, -0.15) is 10.2 Å². The first-order valence-corrected chi connectivity index (χ1v) is 20.1. The summed E-state index contributed by atoms with van der Waals surface area (Å²) in [6.45, 7) is 20.3. The number of hydrogen-bond acceptors (Lipinski definition) is 13. The lowest BCUT2D eigenvalue weighted by atomic mass is 9.75. The van der Waals surface area contributed by atoms with Crippen molar-refractivity contribution >= 4 is 23.4 Å². The van der Waals surface area contributed by atoms with Gasteiger partial charge in [0.15, 0.2) is 6.29 Å². The van der Waals surface area contributed by atoms with Gasteiger partial charge in [0.2, 0.25) is 0 Å². The number of esters is 2. The topological polar surface area (TPSA) is 169 Å². The van der Waals surface area contributed by atoms with Crippen LogP contribution in [0.2, 0.25) is 0 Å². The second-order valence-electron chi connectivity index (χ2n) is 16.6. The molecule has 2 aliphatic rings. The van der Waals surface area contributed by atoms with Crippen molar-refractivity contribution in [1.82, 2.24) is 4.90 Å². The number of methoxy groups -OCH3 is 1. The van der Waals surface area contributed by atoms with E-state index < -0.39 is 77.7 Å². The summed E-state index contributed by atoms with van der Waals surface area (Å²) in [6, 6.07) is 8.83. The molecule has 0 bridgehead atoms. The Kier molecular flexibility index (Phi) is 17.4. The van der Waals surface area contributed by atoms with Crippen LogP contribution in [0.3, 0.4) is 0 Å². The van der Waals surface area contributed by atoms with Crippen LogP contribution in [0.15, 0.2) is 52.7 Å². The molecule has 0 spiro atoms. The number of carbonyl (C=O) groups is 2. The van der Waals surface area contributed by atoms with Crippen LogP contribution in [0.25, 0.3) is 0 Å². The summed E-state index contributed by atoms with van der Waals surface area (Å²) in [5.41, 5.74) is -0.977. The Morgan fingerprint density at radius 3 is 2.29 bits per heavy atom. The molecule has 13 heteroatoms. The van der Waals surface area contributed by atoms with Gasteiger partial charge in [0.05, 0.1) is 42.0 Å². The highest BCUT2D eigenvalue weighted by Crippen LogP contribution is 2.40. The quantitative estimate of drug-likeness (QED) is 0.152. The maximum Gasteiger partial charge on any atom is 0.312 e. The predicted molar refractivity (Wildman–Crippen MR) is 216 cm³/mol. The second kappa shape index (κ2) is 20.6. The molecule has 3 rings (SSSR count). The van der Waals surface area contributed by atoms with E-state index in [0.29, 0.717) is 24.1 Å². The SMILES string of the molecule is C=C1CC(C)(OC)C(OC2OC(C)CC(N(C)C)C2O)C(C)C(OC(=O)Cc2ccccc2)C(C)C(=O)OC(CC)C(C)(O)C(O)C(C)/C1=N\N=C(\C)CCC. The molecule has 2 fully saturated rings. The molecule has 13 atom stereocenters. The summed E-state index contributed by atoms with van der Waals surface area (Å²) in [5, 5.41) is 44.6. The normalized spacial score (nSPS) is 37.6. The minimum atomic E-state index is -1.94. The molecule has 0 saturated carbocycles. The number of likely N-dealkylation sites (N-methyl/N-ethyl adjacent to an activating group) is 1. The van der Waals surface area contributed by atoms with E-state index in [1.165, 1.54) is 14.0 Å². The van der Waals surface area contributed by atoms with Crippen LogP contribution >= 0.6 is 0 Å². The summed E-state index contributed by atoms with van der Waals surface area (Å²) in [6.07, 6.45) is -4.97. The van der Waals surface area contributed by atoms with Gasteiger partial charge >= 0.3 is 11.9 Å². The zero-order valence-corrected chi connectivity index (χ0v) is 35.7. The number of ether oxygens (including phenoxy) is 5. The van der Waals surface area contributed by atoms with Gasteiger partial charge < -0.3 is 43.9 Å². The number of benzene rings is 1. The van der Waals surface area contributed by atoms with E-state index in [0.717, 1.165) is 17.7 Å². The van der Waals surface area contributed by atoms with Gasteiger partial charge in [-0.05, 0) is 79.1 Å². The number of rotatable bonds is 11. The molecule has 2 heterocycles. The van der Waals surface area contributed by atoms with Crippen LogP contribution < -0.4 is 0 Å². The van der Waals surface area contributed by atoms with Gasteiger partial charge in [0.1, 0.15) is 23.9 Å². The molecule has 0 radical (unpaired) electrons. The number of aliphatic hydroxyl groups excluding tert-OH is 2. The van der Waals surface area contributed by atoms with Gasteiger partial charge in [0.25, 0.3) is 0 Å². The van der Waals surface area contributed by atoms with Gasteiger partial charge in [-0.25, -0.2) is 0 Å². The molecule has 13 unspecified atom stereocenters. The van der Waals surface area contributed by atoms with Crippen molar-refractivity contribution in [3.05, 3.63) is 48.0 Å². The summed E-state index contributed by atoms with van der Waals surface area (Å²) in [5.74, 6) is -4.04. The van der Waals surface area contributed by atoms with E-state index in [2.05, 4.69) is 16.8 Å². The number of nitrogens with zero attached hydrogens (tertiary/aromatic N) is 3. The Labute approximate surface area is 334 Å². The van der Waals surface area contributed by atoms with Crippen molar-refractivity contribution in [2.24, 2.45) is 28.0 Å². The Hall–Kier alpha value is -3.04. The minimum Gasteiger partial charge on any atom is -0.461 e. The largest absolute Gasteiger partial charge is 0.461 e. The molecule has 1 aromatic carbocycles. The summed E-state index contributed by atoms with van der Waals surface area (Å²) in [7, 11) is 5.29. The van der Waals surface area contributed by atoms with E-state index in [4.69, 9.17) is 23.7 Å². The van der Waals surface area contributed by atoms with Crippen LogP contribution in [-0.4, -0.2) is 125 Å². The molecule has 316 valence electrons. The van der Waals surface area contributed by atoms with Crippen LogP contribution in [0.4, 0.5) is 0 Å². The fraction of sp³-hybridized carbons (Fsp3) is 0.721. The average molecular weight is 788 g/mol. The minimum absolute atomic E-state index is 0.0592. The van der Waals surface area contributed by atoms with Crippen molar-refractivity contribution in [3.8, 4) is 0 Å². The fourth-order valence-electron chi connectivity index (χ4n) is 8.10. The first-order chi connectivity index (χ1) is 26.2. The predicted octanol–water partition coefficient (Wildman–Crippen LogP) is 5.28. The molecule has 0 aliphatic carbocycles. The maximum absolute atomic E-state index is 14.2. The summed E-state index contributed by atoms with van der Waals surface area (Å²) < 4.78 is 31.7. The van der Waals surface area contributed by atoms with Crippen molar-refractivity contribution < 1.29 is 48.6 Å². The lowest BCUT2D eigenvalue weighted by Crippen LogP contribution is -2.60. The third-order valence-corrected chi connectivity index (χ3v) is 11.6. The number of hydrogen-bond donors (Lipinski definition) is 3. The molecule has 0 amide bonds. The highest BCUT2D eigenvalue weighted by molar-refractivity contribution is 6.02. The van der Waals surface area contributed by atoms with E-state index in [-0.39, 0.29) is 31.4 Å². The Bertz CT molecular complexity index is 1520. The molecular formula is C43H69N3O10. The molecule has 13 nitrogen and oxygen atoms in total. The van der Waals surface area contributed by atoms with Crippen LogP contribution in [-0.2, 0) is 39.7 Å². The fourth-order valence-corrected chi connectivity index (χ4v) is 8.10. The van der Waals surface area contributed by atoms with Crippen molar-refractivity contribution in [3.63, 3.8) is 0 Å². The van der Waals surface area contributed by atoms with Crippen LogP contribution in [0.1, 0.15) is 100.0 Å². The highest BCUT2D eigenvalue weighted by atomic mass is 16.7. The lowest BCUT2D eigenvalue weighted by molar-refractivity contribution is -0.300. The second-order valence-corrected chi connectivity index (χ2v) is 16.6. The van der Waals surface area contributed by atoms with E-state index >= 15 is 0 Å². The van der Waals surface area contributed by atoms with Gasteiger partial charge in [-0.15, -0.1) is 0 Å². The molecule has 56 heavy (non-hydrogen) atoms. The molecule has 3 N–H and O–H groups in total. The first-order valence-electron chi connectivity index (χ1n) is 20.1. The molecular weight excluding hydrogens is 718 g/mol. The van der Waals surface area contributed by atoms with E-state index in [1.807, 2.05) is 77.0 Å². The van der Waals surface area contributed by atoms with E-state index in [1.54, 1.807) is 27.7 Å². The highest BCUT2D eigenvalue weighted by Gasteiger charge is 2.52. The third-order valence-electron chi connectivity index (χ3n) is 11.6. The Morgan fingerprint density at radius 2 is 1.71 bits per heavy atom. The van der Waals surface area contributed by atoms with Crippen molar-refractivity contribution in [1.29, 1.82) is 0 Å². The number of carbonyl (C=O) groups excluding carboxylic acids is 2. The maximum atomic E-state index is 14.2. The Balaban J connectivity index is 2.29. The summed E-state index contributed by atoms with van der Waals surface area (Å²) >= 11 is 0. The summed E-state index contributed by atoms with van der Waals surface area (Å²) in [4.78, 5) is 29.9. The lowest BCUT2D eigenvalue weighted by Gasteiger charge is -2.48. The van der Waals surface area contributed by atoms with Crippen LogP contribution in [0.5, 0.6) is 0 Å². The monoisotopic (exact) mass is 787 g/mol. The van der Waals surface area contributed by atoms with Gasteiger partial charge in [-0.1, -0.05) is 71.0 Å². The molecule has 0 aromatic heterocycles. The standard InChI is InChI=1S/C43H69N3O10/c1-14-19-26(4)44-45-35-25(3)24-42(9,52-13)39(56-41-36(48)32(46(11)12)22-27(5)53-41)29(7)37(55-34(47)23-31-20-17-16-18-21-31)30(8)40(50)54-33(15-2)43(10,51)38(49)28(35)6/h16-18,20-21,27-30,32-33,36-39,41,48-49,51H,3,14-15,19,22-24H2,1-2,4-13H3/b44-26-,45-35-. The zero-order chi connectivity index (χ0) is 42.1.